The molecule has 2 aliphatic carbocycles. The standard InChI is InChI=1S/C32H45ClN6O2/c1-3-29(40)39-16-15-38(20-23(39)11-13-34)30-26-10-12-32(17-22-7-4-5-9-25(22)27(33)18-32)19-28(26)35-31(36-30)41-21-24-8-6-14-37(24)2/h3-5,7,9,23-24,26-28,30-31,35-36H,1,6,8,10-12,14-21H2,2H3. The normalized spacial score (nSPS) is 37.8. The summed E-state index contributed by atoms with van der Waals surface area (Å²) in [4.78, 5) is 19.3. The van der Waals surface area contributed by atoms with E-state index in [1.54, 1.807) is 0 Å². The number of piperazine rings is 1. The highest BCUT2D eigenvalue weighted by Gasteiger charge is 2.51. The Morgan fingerprint density at radius 1 is 1.22 bits per heavy atom. The SMILES string of the molecule is C=CC(=O)N1CCN(C2NC(OCC3CCCN3C)NC3CC4(CCC32)Cc2ccccc2C(Cl)C4)CC1CC#N. The van der Waals surface area contributed by atoms with Gasteiger partial charge >= 0.3 is 0 Å². The summed E-state index contributed by atoms with van der Waals surface area (Å²) in [7, 11) is 2.19. The lowest BCUT2D eigenvalue weighted by Crippen LogP contribution is -2.72. The lowest BCUT2D eigenvalue weighted by molar-refractivity contribution is -0.137. The number of likely N-dealkylation sites (N-methyl/N-ethyl adjacent to an activating group) is 1. The van der Waals surface area contributed by atoms with Crippen LogP contribution in [0.4, 0.5) is 0 Å². The van der Waals surface area contributed by atoms with Crippen LogP contribution in [0.15, 0.2) is 36.9 Å². The van der Waals surface area contributed by atoms with Crippen molar-refractivity contribution in [2.24, 2.45) is 11.3 Å². The Morgan fingerprint density at radius 3 is 2.85 bits per heavy atom. The van der Waals surface area contributed by atoms with Gasteiger partial charge in [-0.15, -0.1) is 11.6 Å². The highest BCUT2D eigenvalue weighted by atomic mass is 35.5. The summed E-state index contributed by atoms with van der Waals surface area (Å²) in [6, 6.07) is 11.6. The van der Waals surface area contributed by atoms with Gasteiger partial charge in [0, 0.05) is 37.6 Å². The summed E-state index contributed by atoms with van der Waals surface area (Å²) in [5.74, 6) is 0.320. The number of halogens is 1. The Labute approximate surface area is 250 Å². The van der Waals surface area contributed by atoms with Crippen LogP contribution >= 0.6 is 11.6 Å². The summed E-state index contributed by atoms with van der Waals surface area (Å²) in [5.41, 5.74) is 2.89. The molecule has 0 aromatic heterocycles. The van der Waals surface area contributed by atoms with Crippen LogP contribution in [0, 0.1) is 22.7 Å². The van der Waals surface area contributed by atoms with E-state index in [4.69, 9.17) is 16.3 Å². The van der Waals surface area contributed by atoms with Crippen LogP contribution in [0.2, 0.25) is 0 Å². The molecule has 3 saturated heterocycles. The number of carbonyl (C=O) groups is 1. The van der Waals surface area contributed by atoms with Gasteiger partial charge < -0.3 is 14.5 Å². The van der Waals surface area contributed by atoms with Crippen LogP contribution in [-0.4, -0.2) is 91.1 Å². The third-order valence-electron chi connectivity index (χ3n) is 10.7. The zero-order valence-electron chi connectivity index (χ0n) is 24.3. The van der Waals surface area contributed by atoms with Crippen LogP contribution in [0.5, 0.6) is 0 Å². The number of benzene rings is 1. The third-order valence-corrected chi connectivity index (χ3v) is 11.0. The van der Waals surface area contributed by atoms with Crippen molar-refractivity contribution in [1.82, 2.24) is 25.3 Å². The topological polar surface area (TPSA) is 83.9 Å². The lowest BCUT2D eigenvalue weighted by Gasteiger charge is -2.56. The van der Waals surface area contributed by atoms with Crippen molar-refractivity contribution >= 4 is 17.5 Å². The molecule has 4 fully saturated rings. The Kier molecular flexibility index (Phi) is 8.74. The van der Waals surface area contributed by atoms with Gasteiger partial charge in [0.15, 0.2) is 6.35 Å². The van der Waals surface area contributed by atoms with Crippen LogP contribution in [-0.2, 0) is 16.0 Å². The predicted octanol–water partition coefficient (Wildman–Crippen LogP) is 3.59. The van der Waals surface area contributed by atoms with E-state index in [2.05, 4.69) is 64.4 Å². The molecule has 0 radical (unpaired) electrons. The number of carbonyl (C=O) groups excluding carboxylic acids is 1. The van der Waals surface area contributed by atoms with Gasteiger partial charge in [-0.05, 0) is 81.2 Å². The average Bonchev–Trinajstić information content (AvgIpc) is 3.39. The zero-order chi connectivity index (χ0) is 28.6. The van der Waals surface area contributed by atoms with Crippen LogP contribution in [0.1, 0.15) is 61.4 Å². The van der Waals surface area contributed by atoms with Crippen molar-refractivity contribution in [3.05, 3.63) is 48.0 Å². The first-order chi connectivity index (χ1) is 19.9. The molecule has 41 heavy (non-hydrogen) atoms. The maximum absolute atomic E-state index is 12.6. The first-order valence-electron chi connectivity index (χ1n) is 15.5. The molecule has 9 heteroatoms. The molecule has 222 valence electrons. The second-order valence-electron chi connectivity index (χ2n) is 13.1. The fourth-order valence-electron chi connectivity index (χ4n) is 8.48. The van der Waals surface area contributed by atoms with Crippen molar-refractivity contribution in [3.63, 3.8) is 0 Å². The molecule has 0 bridgehead atoms. The van der Waals surface area contributed by atoms with Crippen molar-refractivity contribution in [3.8, 4) is 6.07 Å². The van der Waals surface area contributed by atoms with Gasteiger partial charge in [-0.1, -0.05) is 30.8 Å². The molecular weight excluding hydrogens is 536 g/mol. The Bertz CT molecular complexity index is 1160. The summed E-state index contributed by atoms with van der Waals surface area (Å²) in [6.45, 7) is 7.56. The largest absolute Gasteiger partial charge is 0.348 e. The molecule has 1 spiro atoms. The summed E-state index contributed by atoms with van der Waals surface area (Å²) in [5, 5.41) is 17.3. The van der Waals surface area contributed by atoms with E-state index in [9.17, 15) is 10.1 Å². The predicted molar refractivity (Wildman–Crippen MR) is 160 cm³/mol. The number of amides is 1. The van der Waals surface area contributed by atoms with Crippen LogP contribution in [0.3, 0.4) is 0 Å². The van der Waals surface area contributed by atoms with E-state index >= 15 is 0 Å². The number of ether oxygens (including phenoxy) is 1. The molecule has 8 unspecified atom stereocenters. The van der Waals surface area contributed by atoms with E-state index in [0.29, 0.717) is 44.1 Å². The fourth-order valence-corrected chi connectivity index (χ4v) is 9.02. The molecule has 8 nitrogen and oxygen atoms in total. The molecule has 3 aliphatic heterocycles. The smallest absolute Gasteiger partial charge is 0.246 e. The van der Waals surface area contributed by atoms with Gasteiger partial charge in [0.25, 0.3) is 0 Å². The molecule has 1 saturated carbocycles. The highest BCUT2D eigenvalue weighted by Crippen LogP contribution is 2.53. The lowest BCUT2D eigenvalue weighted by atomic mass is 9.59. The number of rotatable bonds is 6. The summed E-state index contributed by atoms with van der Waals surface area (Å²) < 4.78 is 6.56. The molecular formula is C32H45ClN6O2. The molecule has 1 aromatic rings. The second-order valence-corrected chi connectivity index (χ2v) is 13.6. The Balaban J connectivity index is 1.22. The van der Waals surface area contributed by atoms with Crippen molar-refractivity contribution in [2.75, 3.05) is 39.8 Å². The van der Waals surface area contributed by atoms with Gasteiger partial charge in [-0.3, -0.25) is 20.3 Å². The number of hydrogen-bond acceptors (Lipinski definition) is 7. The maximum Gasteiger partial charge on any atom is 0.246 e. The van der Waals surface area contributed by atoms with Gasteiger partial charge in [0.1, 0.15) is 0 Å². The monoisotopic (exact) mass is 580 g/mol. The first kappa shape index (κ1) is 29.1. The van der Waals surface area contributed by atoms with E-state index in [1.165, 1.54) is 30.0 Å². The molecule has 2 N–H and O–H groups in total. The minimum Gasteiger partial charge on any atom is -0.348 e. The second kappa shape index (κ2) is 12.3. The fraction of sp³-hybridized carbons (Fsp3) is 0.688. The molecule has 1 amide bonds. The molecule has 1 aromatic carbocycles. The number of nitriles is 1. The zero-order valence-corrected chi connectivity index (χ0v) is 25.1. The van der Waals surface area contributed by atoms with E-state index in [1.807, 2.05) is 4.90 Å². The number of alkyl halides is 1. The molecule has 6 rings (SSSR count). The Hall–Kier alpha value is -1.99. The highest BCUT2D eigenvalue weighted by molar-refractivity contribution is 6.21. The van der Waals surface area contributed by atoms with Crippen LogP contribution in [0.25, 0.3) is 0 Å². The van der Waals surface area contributed by atoms with Gasteiger partial charge in [0.2, 0.25) is 5.91 Å². The average molecular weight is 581 g/mol. The van der Waals surface area contributed by atoms with Gasteiger partial charge in [-0.2, -0.15) is 5.26 Å². The number of nitrogens with one attached hydrogen (secondary N) is 2. The van der Waals surface area contributed by atoms with E-state index in [-0.39, 0.29) is 35.3 Å². The minimum absolute atomic E-state index is 0.0566. The summed E-state index contributed by atoms with van der Waals surface area (Å²) in [6.07, 6.45) is 9.40. The van der Waals surface area contributed by atoms with Crippen molar-refractivity contribution < 1.29 is 9.53 Å². The van der Waals surface area contributed by atoms with Crippen molar-refractivity contribution in [2.45, 2.75) is 87.4 Å². The molecule has 3 heterocycles. The number of nitrogens with zero attached hydrogens (tertiary/aromatic N) is 4. The molecule has 5 aliphatic rings. The van der Waals surface area contributed by atoms with E-state index < -0.39 is 0 Å². The van der Waals surface area contributed by atoms with E-state index in [0.717, 1.165) is 45.2 Å². The van der Waals surface area contributed by atoms with Gasteiger partial charge in [-0.25, -0.2) is 0 Å². The maximum atomic E-state index is 12.6. The number of fused-ring (bicyclic) bond motifs is 2. The van der Waals surface area contributed by atoms with Crippen molar-refractivity contribution in [1.29, 1.82) is 5.26 Å². The van der Waals surface area contributed by atoms with Crippen LogP contribution < -0.4 is 10.6 Å². The third kappa shape index (κ3) is 5.95. The Morgan fingerprint density at radius 2 is 2.07 bits per heavy atom. The van der Waals surface area contributed by atoms with Gasteiger partial charge in [0.05, 0.1) is 36.7 Å². The first-order valence-corrected chi connectivity index (χ1v) is 15.9. The molecule has 8 atom stereocenters. The summed E-state index contributed by atoms with van der Waals surface area (Å²) >= 11 is 7.02. The quantitative estimate of drug-likeness (QED) is 0.393. The minimum atomic E-state index is -0.240. The number of likely N-dealkylation sites (tertiary alicyclic amines) is 1. The number of hydrogen-bond donors (Lipinski definition) is 2.